The zero-order valence-electron chi connectivity index (χ0n) is 43.4. The minimum atomic E-state index is 0.0834. The van der Waals surface area contributed by atoms with E-state index in [-0.39, 0.29) is 21.7 Å². The van der Waals surface area contributed by atoms with Gasteiger partial charge in [0, 0.05) is 46.5 Å². The molecule has 0 radical (unpaired) electrons. The van der Waals surface area contributed by atoms with Crippen LogP contribution in [0.1, 0.15) is 128 Å². The molecule has 4 nitrogen and oxygen atoms in total. The Balaban J connectivity index is 0.979. The van der Waals surface area contributed by atoms with E-state index >= 15 is 0 Å². The lowest BCUT2D eigenvalue weighted by Crippen LogP contribution is -2.14. The predicted molar refractivity (Wildman–Crippen MR) is 302 cm³/mol. The summed E-state index contributed by atoms with van der Waals surface area (Å²) in [5, 5.41) is 0. The van der Waals surface area contributed by atoms with Gasteiger partial charge in [0.05, 0.1) is 11.4 Å². The highest BCUT2D eigenvalue weighted by Gasteiger charge is 2.21. The van der Waals surface area contributed by atoms with Crippen LogP contribution in [-0.4, -0.2) is 9.97 Å². The van der Waals surface area contributed by atoms with Gasteiger partial charge >= 0.3 is 0 Å². The summed E-state index contributed by atoms with van der Waals surface area (Å²) in [7, 11) is 0. The number of aromatic nitrogens is 2. The number of pyridine rings is 2. The molecule has 0 aliphatic heterocycles. The molecule has 70 heavy (non-hydrogen) atoms. The van der Waals surface area contributed by atoms with E-state index in [1.807, 2.05) is 24.5 Å². The molecule has 0 bridgehead atoms. The maximum atomic E-state index is 4.73. The third-order valence-electron chi connectivity index (χ3n) is 13.0. The third kappa shape index (κ3) is 11.9. The first-order valence-corrected chi connectivity index (χ1v) is 24.7. The Morgan fingerprint density at radius 1 is 0.271 bits per heavy atom. The maximum absolute atomic E-state index is 4.73. The van der Waals surface area contributed by atoms with E-state index in [0.717, 1.165) is 67.8 Å². The molecule has 0 spiro atoms. The van der Waals surface area contributed by atoms with Gasteiger partial charge in [-0.25, -0.2) is 0 Å². The molecule has 8 rings (SSSR count). The normalized spacial score (nSPS) is 12.5. The van der Waals surface area contributed by atoms with Crippen LogP contribution >= 0.6 is 0 Å². The Labute approximate surface area is 419 Å². The van der Waals surface area contributed by atoms with Crippen LogP contribution in [0.5, 0.6) is 0 Å². The van der Waals surface area contributed by atoms with Crippen molar-refractivity contribution in [2.45, 2.75) is 105 Å². The van der Waals surface area contributed by atoms with E-state index in [1.165, 1.54) is 22.3 Å². The molecule has 2 heterocycles. The van der Waals surface area contributed by atoms with E-state index in [2.05, 4.69) is 275 Å². The minimum Gasteiger partial charge on any atom is -0.311 e. The molecule has 0 atom stereocenters. The van der Waals surface area contributed by atoms with Crippen LogP contribution in [0, 0.1) is 0 Å². The van der Waals surface area contributed by atoms with Gasteiger partial charge in [0.1, 0.15) is 0 Å². The fourth-order valence-electron chi connectivity index (χ4n) is 8.57. The fourth-order valence-corrected chi connectivity index (χ4v) is 8.57. The summed E-state index contributed by atoms with van der Waals surface area (Å²) in [6.07, 6.45) is 12.3. The lowest BCUT2D eigenvalue weighted by molar-refractivity contribution is 0.590. The number of benzene rings is 6. The summed E-state index contributed by atoms with van der Waals surface area (Å²) in [4.78, 5) is 14.1. The second-order valence-electron chi connectivity index (χ2n) is 22.7. The van der Waals surface area contributed by atoms with Crippen molar-refractivity contribution in [3.63, 3.8) is 0 Å². The van der Waals surface area contributed by atoms with Crippen LogP contribution in [-0.2, 0) is 21.7 Å². The first-order valence-electron chi connectivity index (χ1n) is 24.7. The molecule has 0 saturated carbocycles. The summed E-state index contributed by atoms with van der Waals surface area (Å²) in [6, 6.07) is 61.8. The number of nitrogens with zero attached hydrogens (tertiary/aromatic N) is 4. The van der Waals surface area contributed by atoms with E-state index in [9.17, 15) is 0 Å². The SMILES string of the molecule is CC(C)(C)c1ccc(N(c2ccc(/C=C/c3ccnc(-c4cc(/C=C/c5ccc(N(c6ccc(C(C)(C)C)cc6)c6ccc(C(C)(C)C)cc6)cc5)ccn4)c3)cc2)c2ccc(C(C)(C)C)cc2)cc1. The molecule has 0 aliphatic carbocycles. The summed E-state index contributed by atoms with van der Waals surface area (Å²) < 4.78 is 0. The highest BCUT2D eigenvalue weighted by molar-refractivity contribution is 5.81. The molecule has 0 fully saturated rings. The van der Waals surface area contributed by atoms with Crippen LogP contribution in [0.3, 0.4) is 0 Å². The molecule has 0 amide bonds. The first kappa shape index (κ1) is 49.1. The summed E-state index contributed by atoms with van der Waals surface area (Å²) >= 11 is 0. The van der Waals surface area contributed by atoms with Crippen molar-refractivity contribution >= 4 is 58.4 Å². The van der Waals surface area contributed by atoms with Crippen LogP contribution in [0.4, 0.5) is 34.1 Å². The molecule has 6 aromatic carbocycles. The molecule has 4 heteroatoms. The lowest BCUT2D eigenvalue weighted by Gasteiger charge is -2.28. The van der Waals surface area contributed by atoms with Crippen LogP contribution in [0.15, 0.2) is 182 Å². The average molecular weight is 919 g/mol. The van der Waals surface area contributed by atoms with E-state index in [1.54, 1.807) is 0 Å². The van der Waals surface area contributed by atoms with Crippen molar-refractivity contribution < 1.29 is 0 Å². The number of hydrogen-bond acceptors (Lipinski definition) is 4. The summed E-state index contributed by atoms with van der Waals surface area (Å²) in [5.74, 6) is 0. The van der Waals surface area contributed by atoms with Gasteiger partial charge in [-0.05, 0) is 163 Å². The van der Waals surface area contributed by atoms with Crippen molar-refractivity contribution in [1.82, 2.24) is 9.97 Å². The molecular weight excluding hydrogens is 849 g/mol. The van der Waals surface area contributed by atoms with E-state index in [0.29, 0.717) is 0 Å². The van der Waals surface area contributed by atoms with Gasteiger partial charge in [0.2, 0.25) is 0 Å². The largest absolute Gasteiger partial charge is 0.311 e. The van der Waals surface area contributed by atoms with Gasteiger partial charge in [0.15, 0.2) is 0 Å². The smallest absolute Gasteiger partial charge is 0.0892 e. The predicted octanol–water partition coefficient (Wildman–Crippen LogP) is 18.6. The van der Waals surface area contributed by atoms with Gasteiger partial charge < -0.3 is 9.80 Å². The quantitative estimate of drug-likeness (QED) is 0.129. The van der Waals surface area contributed by atoms with Crippen LogP contribution < -0.4 is 9.80 Å². The summed E-state index contributed by atoms with van der Waals surface area (Å²) in [6.45, 7) is 27.1. The molecule has 354 valence electrons. The van der Waals surface area contributed by atoms with Gasteiger partial charge in [-0.2, -0.15) is 0 Å². The summed E-state index contributed by atoms with van der Waals surface area (Å²) in [5.41, 5.74) is 18.3. The number of rotatable bonds is 11. The first-order chi connectivity index (χ1) is 33.2. The Kier molecular flexibility index (Phi) is 14.0. The number of anilines is 6. The zero-order valence-corrected chi connectivity index (χ0v) is 43.4. The Morgan fingerprint density at radius 3 is 0.714 bits per heavy atom. The lowest BCUT2D eigenvalue weighted by atomic mass is 9.86. The molecule has 0 unspecified atom stereocenters. The van der Waals surface area contributed by atoms with Crippen molar-refractivity contribution in [3.8, 4) is 11.4 Å². The number of hydrogen-bond donors (Lipinski definition) is 0. The van der Waals surface area contributed by atoms with Gasteiger partial charge in [-0.15, -0.1) is 0 Å². The van der Waals surface area contributed by atoms with Crippen molar-refractivity contribution in [2.75, 3.05) is 9.80 Å². The van der Waals surface area contributed by atoms with Gasteiger partial charge in [-0.3, -0.25) is 9.97 Å². The molecular formula is C66H70N4. The van der Waals surface area contributed by atoms with Crippen LogP contribution in [0.2, 0.25) is 0 Å². The maximum Gasteiger partial charge on any atom is 0.0892 e. The second-order valence-corrected chi connectivity index (χ2v) is 22.7. The molecule has 0 N–H and O–H groups in total. The third-order valence-corrected chi connectivity index (χ3v) is 13.0. The van der Waals surface area contributed by atoms with Crippen molar-refractivity contribution in [1.29, 1.82) is 0 Å². The topological polar surface area (TPSA) is 32.3 Å². The minimum absolute atomic E-state index is 0.0834. The zero-order chi connectivity index (χ0) is 49.8. The monoisotopic (exact) mass is 919 g/mol. The van der Waals surface area contributed by atoms with Crippen LogP contribution in [0.25, 0.3) is 35.7 Å². The standard InChI is InChI=1S/C66H70N4/c1-63(2,3)51-21-33-57(34-22-51)69(58-35-23-52(24-36-58)64(4,5)6)55-29-17-47(18-30-55)13-15-49-41-43-67-61(45-49)62-46-50(42-44-68-62)16-14-48-19-31-56(32-20-48)70(59-37-25-53(26-38-59)65(7,8)9)60-39-27-54(28-40-60)66(10,11)12/h13-46H,1-12H3/b15-13+,16-14+. The van der Waals surface area contributed by atoms with Crippen molar-refractivity contribution in [2.24, 2.45) is 0 Å². The molecule has 0 saturated heterocycles. The van der Waals surface area contributed by atoms with E-state index < -0.39 is 0 Å². The van der Waals surface area contributed by atoms with E-state index in [4.69, 9.17) is 9.97 Å². The van der Waals surface area contributed by atoms with Crippen molar-refractivity contribution in [3.05, 3.63) is 227 Å². The Bertz CT molecular complexity index is 2730. The highest BCUT2D eigenvalue weighted by atomic mass is 15.1. The highest BCUT2D eigenvalue weighted by Crippen LogP contribution is 2.39. The fraction of sp³-hybridized carbons (Fsp3) is 0.242. The van der Waals surface area contributed by atoms with Gasteiger partial charge in [-0.1, -0.05) is 180 Å². The Hall–Kier alpha value is -7.30. The molecule has 2 aromatic heterocycles. The van der Waals surface area contributed by atoms with Gasteiger partial charge in [0.25, 0.3) is 0 Å². The average Bonchev–Trinajstić information content (AvgIpc) is 3.33. The molecule has 0 aliphatic rings. The second kappa shape index (κ2) is 20.0. The Morgan fingerprint density at radius 2 is 0.486 bits per heavy atom. The molecule has 8 aromatic rings.